The molecule has 1 heterocycles. The maximum atomic E-state index is 11.9. The monoisotopic (exact) mass is 338 g/mol. The number of para-hydroxylation sites is 1. The summed E-state index contributed by atoms with van der Waals surface area (Å²) in [6.07, 6.45) is 0.175. The predicted molar refractivity (Wildman–Crippen MR) is 79.1 cm³/mol. The van der Waals surface area contributed by atoms with Crippen LogP contribution in [0.3, 0.4) is 0 Å². The topological polar surface area (TPSA) is 72.2 Å². The summed E-state index contributed by atoms with van der Waals surface area (Å²) in [5.41, 5.74) is 6.34. The zero-order valence-electron chi connectivity index (χ0n) is 9.85. The van der Waals surface area contributed by atoms with Crippen molar-refractivity contribution in [2.24, 2.45) is 0 Å². The second-order valence-corrected chi connectivity index (χ2v) is 6.39. The summed E-state index contributed by atoms with van der Waals surface area (Å²) in [7, 11) is 0. The Hall–Kier alpha value is -1.66. The fraction of sp³-hybridized carbons (Fsp3) is 0.0769. The number of imide groups is 1. The Kier molecular flexibility index (Phi) is 4.34. The SMILES string of the molecule is Nc1ccccc1C(=O)NC(=O)Cc1ccc(Br)s1. The minimum Gasteiger partial charge on any atom is -0.398 e. The summed E-state index contributed by atoms with van der Waals surface area (Å²) >= 11 is 4.78. The van der Waals surface area contributed by atoms with Crippen molar-refractivity contribution < 1.29 is 9.59 Å². The molecule has 2 aromatic rings. The third-order valence-electron chi connectivity index (χ3n) is 2.42. The molecule has 0 bridgehead atoms. The van der Waals surface area contributed by atoms with Crippen LogP contribution in [0.5, 0.6) is 0 Å². The van der Waals surface area contributed by atoms with Gasteiger partial charge in [-0.2, -0.15) is 0 Å². The Morgan fingerprint density at radius 1 is 1.21 bits per heavy atom. The number of thiophene rings is 1. The molecule has 98 valence electrons. The molecule has 0 saturated carbocycles. The molecule has 0 radical (unpaired) electrons. The van der Waals surface area contributed by atoms with E-state index in [9.17, 15) is 9.59 Å². The van der Waals surface area contributed by atoms with Crippen LogP contribution in [0.15, 0.2) is 40.2 Å². The van der Waals surface area contributed by atoms with E-state index in [0.717, 1.165) is 8.66 Å². The van der Waals surface area contributed by atoms with Gasteiger partial charge in [-0.1, -0.05) is 12.1 Å². The molecule has 0 fully saturated rings. The van der Waals surface area contributed by atoms with E-state index < -0.39 is 5.91 Å². The lowest BCUT2D eigenvalue weighted by atomic mass is 10.1. The lowest BCUT2D eigenvalue weighted by Crippen LogP contribution is -2.32. The Morgan fingerprint density at radius 2 is 1.95 bits per heavy atom. The first-order valence-corrected chi connectivity index (χ1v) is 7.10. The van der Waals surface area contributed by atoms with E-state index in [1.54, 1.807) is 24.3 Å². The van der Waals surface area contributed by atoms with E-state index in [1.807, 2.05) is 12.1 Å². The van der Waals surface area contributed by atoms with Crippen LogP contribution in [-0.4, -0.2) is 11.8 Å². The highest BCUT2D eigenvalue weighted by Crippen LogP contribution is 2.22. The average Bonchev–Trinajstić information content (AvgIpc) is 2.74. The number of amides is 2. The third-order valence-corrected chi connectivity index (χ3v) is 4.05. The number of hydrogen-bond acceptors (Lipinski definition) is 4. The average molecular weight is 339 g/mol. The highest BCUT2D eigenvalue weighted by atomic mass is 79.9. The number of carbonyl (C=O) groups is 2. The van der Waals surface area contributed by atoms with E-state index in [-0.39, 0.29) is 12.3 Å². The maximum Gasteiger partial charge on any atom is 0.259 e. The quantitative estimate of drug-likeness (QED) is 0.845. The van der Waals surface area contributed by atoms with Gasteiger partial charge < -0.3 is 5.73 Å². The number of benzene rings is 1. The Labute approximate surface area is 122 Å². The number of halogens is 1. The van der Waals surface area contributed by atoms with Crippen molar-refractivity contribution >= 4 is 44.8 Å². The minimum atomic E-state index is -0.473. The van der Waals surface area contributed by atoms with Gasteiger partial charge in [0.1, 0.15) is 0 Å². The van der Waals surface area contributed by atoms with Gasteiger partial charge in [-0.05, 0) is 40.2 Å². The van der Waals surface area contributed by atoms with Crippen molar-refractivity contribution in [3.05, 3.63) is 50.6 Å². The Bertz CT molecular complexity index is 625. The smallest absolute Gasteiger partial charge is 0.259 e. The standard InChI is InChI=1S/C13H11BrN2O2S/c14-11-6-5-8(19-11)7-12(17)16-13(18)9-3-1-2-4-10(9)15/h1-6H,7,15H2,(H,16,17,18). The molecule has 2 rings (SSSR count). The van der Waals surface area contributed by atoms with Crippen LogP contribution in [0, 0.1) is 0 Å². The minimum absolute atomic E-state index is 0.175. The first kappa shape index (κ1) is 13.8. The summed E-state index contributed by atoms with van der Waals surface area (Å²) in [4.78, 5) is 24.5. The number of nitrogen functional groups attached to an aromatic ring is 1. The van der Waals surface area contributed by atoms with Crippen LogP contribution >= 0.6 is 27.3 Å². The largest absolute Gasteiger partial charge is 0.398 e. The number of carbonyl (C=O) groups excluding carboxylic acids is 2. The molecule has 0 saturated heterocycles. The van der Waals surface area contributed by atoms with E-state index in [1.165, 1.54) is 11.3 Å². The lowest BCUT2D eigenvalue weighted by Gasteiger charge is -2.05. The molecule has 2 amide bonds. The molecule has 4 nitrogen and oxygen atoms in total. The van der Waals surface area contributed by atoms with Gasteiger partial charge in [-0.15, -0.1) is 11.3 Å². The number of hydrogen-bond donors (Lipinski definition) is 2. The van der Waals surface area contributed by atoms with Crippen molar-refractivity contribution in [1.82, 2.24) is 5.32 Å². The Balaban J connectivity index is 1.99. The fourth-order valence-electron chi connectivity index (χ4n) is 1.55. The van der Waals surface area contributed by atoms with Gasteiger partial charge in [0.05, 0.1) is 15.8 Å². The number of anilines is 1. The van der Waals surface area contributed by atoms with Gasteiger partial charge in [0.25, 0.3) is 5.91 Å². The first-order chi connectivity index (χ1) is 9.06. The summed E-state index contributed by atoms with van der Waals surface area (Å²) in [6, 6.07) is 10.3. The normalized spacial score (nSPS) is 10.2. The van der Waals surface area contributed by atoms with Gasteiger partial charge in [-0.25, -0.2) is 0 Å². The van der Waals surface area contributed by atoms with Gasteiger partial charge in [-0.3, -0.25) is 14.9 Å². The summed E-state index contributed by atoms with van der Waals surface area (Å²) in [5, 5.41) is 2.33. The summed E-state index contributed by atoms with van der Waals surface area (Å²) in [6.45, 7) is 0. The molecule has 0 aliphatic heterocycles. The van der Waals surface area contributed by atoms with E-state index in [4.69, 9.17) is 5.73 Å². The molecule has 0 atom stereocenters. The zero-order valence-corrected chi connectivity index (χ0v) is 12.3. The molecule has 0 spiro atoms. The molecule has 1 aromatic heterocycles. The third kappa shape index (κ3) is 3.65. The van der Waals surface area contributed by atoms with Crippen LogP contribution in [0.4, 0.5) is 5.69 Å². The number of rotatable bonds is 3. The predicted octanol–water partition coefficient (Wildman–Crippen LogP) is 2.59. The lowest BCUT2D eigenvalue weighted by molar-refractivity contribution is -0.119. The van der Waals surface area contributed by atoms with Gasteiger partial charge >= 0.3 is 0 Å². The van der Waals surface area contributed by atoms with Crippen LogP contribution < -0.4 is 11.1 Å². The van der Waals surface area contributed by atoms with E-state index in [2.05, 4.69) is 21.2 Å². The van der Waals surface area contributed by atoms with Gasteiger partial charge in [0.15, 0.2) is 0 Å². The van der Waals surface area contributed by atoms with Crippen molar-refractivity contribution in [1.29, 1.82) is 0 Å². The number of nitrogens with one attached hydrogen (secondary N) is 1. The number of nitrogens with two attached hydrogens (primary N) is 1. The van der Waals surface area contributed by atoms with Gasteiger partial charge in [0.2, 0.25) is 5.91 Å². The first-order valence-electron chi connectivity index (χ1n) is 5.49. The molecule has 0 aliphatic carbocycles. The molecule has 0 unspecified atom stereocenters. The molecular formula is C13H11BrN2O2S. The second-order valence-electron chi connectivity index (χ2n) is 3.85. The molecule has 6 heteroatoms. The zero-order chi connectivity index (χ0) is 13.8. The Morgan fingerprint density at radius 3 is 2.58 bits per heavy atom. The van der Waals surface area contributed by atoms with E-state index in [0.29, 0.717) is 11.3 Å². The molecule has 19 heavy (non-hydrogen) atoms. The fourth-order valence-corrected chi connectivity index (χ4v) is 3.03. The van der Waals surface area contributed by atoms with Crippen LogP contribution in [-0.2, 0) is 11.2 Å². The van der Waals surface area contributed by atoms with Crippen molar-refractivity contribution in [3.8, 4) is 0 Å². The summed E-state index contributed by atoms with van der Waals surface area (Å²) in [5.74, 6) is -0.818. The van der Waals surface area contributed by atoms with Crippen molar-refractivity contribution in [2.75, 3.05) is 5.73 Å². The molecule has 3 N–H and O–H groups in total. The van der Waals surface area contributed by atoms with Crippen LogP contribution in [0.2, 0.25) is 0 Å². The van der Waals surface area contributed by atoms with E-state index >= 15 is 0 Å². The van der Waals surface area contributed by atoms with Crippen molar-refractivity contribution in [3.63, 3.8) is 0 Å². The second kappa shape index (κ2) is 5.99. The van der Waals surface area contributed by atoms with Crippen molar-refractivity contribution in [2.45, 2.75) is 6.42 Å². The highest BCUT2D eigenvalue weighted by Gasteiger charge is 2.13. The summed E-state index contributed by atoms with van der Waals surface area (Å²) < 4.78 is 0.953. The maximum absolute atomic E-state index is 11.9. The molecule has 0 aliphatic rings. The highest BCUT2D eigenvalue weighted by molar-refractivity contribution is 9.11. The molecular weight excluding hydrogens is 328 g/mol. The van der Waals surface area contributed by atoms with Crippen LogP contribution in [0.25, 0.3) is 0 Å². The van der Waals surface area contributed by atoms with Gasteiger partial charge in [0, 0.05) is 10.6 Å². The van der Waals surface area contributed by atoms with Crippen LogP contribution in [0.1, 0.15) is 15.2 Å². The molecule has 1 aromatic carbocycles.